The SMILES string of the molecule is CCCCCCCCCCCCCCCCCCCCCC(=O)[N+]1(CCCN(C)C)CCCCC1CCONC=O. The molecule has 6 heteroatoms. The Balaban J connectivity index is 2.16. The second-order valence-corrected chi connectivity index (χ2v) is 13.2. The number of quaternary nitrogens is 1. The first kappa shape index (κ1) is 38.0. The summed E-state index contributed by atoms with van der Waals surface area (Å²) < 4.78 is 0.636. The molecule has 6 nitrogen and oxygen atoms in total. The Labute approximate surface area is 255 Å². The number of hydroxylamine groups is 1. The highest BCUT2D eigenvalue weighted by Crippen LogP contribution is 2.31. The average molecular weight is 581 g/mol. The Kier molecular flexibility index (Phi) is 24.7. The molecule has 0 bridgehead atoms. The minimum atomic E-state index is 0.312. The van der Waals surface area contributed by atoms with Crippen LogP contribution in [-0.4, -0.2) is 68.1 Å². The van der Waals surface area contributed by atoms with Gasteiger partial charge in [0.15, 0.2) is 0 Å². The molecule has 1 N–H and O–H groups in total. The Morgan fingerprint density at radius 1 is 0.780 bits per heavy atom. The molecule has 1 heterocycles. The predicted octanol–water partition coefficient (Wildman–Crippen LogP) is 8.72. The van der Waals surface area contributed by atoms with Crippen LogP contribution < -0.4 is 5.48 Å². The number of rotatable bonds is 29. The molecule has 2 amide bonds. The summed E-state index contributed by atoms with van der Waals surface area (Å²) in [5.41, 5.74) is 2.31. The normalized spacial score (nSPS) is 19.1. The number of hydrogen-bond donors (Lipinski definition) is 1. The molecule has 2 unspecified atom stereocenters. The van der Waals surface area contributed by atoms with Gasteiger partial charge in [0.25, 0.3) is 0 Å². The van der Waals surface area contributed by atoms with E-state index in [0.29, 0.717) is 35.9 Å². The minimum Gasteiger partial charge on any atom is -0.309 e. The maximum absolute atomic E-state index is 13.7. The van der Waals surface area contributed by atoms with Crippen LogP contribution in [0.25, 0.3) is 0 Å². The second kappa shape index (κ2) is 26.6. The van der Waals surface area contributed by atoms with Gasteiger partial charge in [0.2, 0.25) is 6.41 Å². The van der Waals surface area contributed by atoms with Gasteiger partial charge in [-0.2, -0.15) is 0 Å². The summed E-state index contributed by atoms with van der Waals surface area (Å²) >= 11 is 0. The quantitative estimate of drug-likeness (QED) is 0.0416. The predicted molar refractivity (Wildman–Crippen MR) is 174 cm³/mol. The van der Waals surface area contributed by atoms with Gasteiger partial charge in [0, 0.05) is 25.8 Å². The van der Waals surface area contributed by atoms with Gasteiger partial charge < -0.3 is 4.90 Å². The molecule has 1 aliphatic heterocycles. The average Bonchev–Trinajstić information content (AvgIpc) is 2.97. The molecule has 0 aromatic rings. The number of piperidine rings is 1. The molecule has 0 spiro atoms. The maximum atomic E-state index is 13.7. The monoisotopic (exact) mass is 581 g/mol. The fourth-order valence-electron chi connectivity index (χ4n) is 6.88. The van der Waals surface area contributed by atoms with Crippen molar-refractivity contribution in [1.29, 1.82) is 0 Å². The maximum Gasteiger partial charge on any atom is 0.313 e. The summed E-state index contributed by atoms with van der Waals surface area (Å²) in [5.74, 6) is 0.448. The fraction of sp³-hybridized carbons (Fsp3) is 0.943. The minimum absolute atomic E-state index is 0.312. The summed E-state index contributed by atoms with van der Waals surface area (Å²) in [6.45, 7) is 5.69. The fourth-order valence-corrected chi connectivity index (χ4v) is 6.88. The number of unbranched alkanes of at least 4 members (excludes halogenated alkanes) is 18. The number of nitrogens with one attached hydrogen (secondary N) is 1. The number of hydrogen-bond acceptors (Lipinski definition) is 4. The van der Waals surface area contributed by atoms with Gasteiger partial charge in [-0.25, -0.2) is 10.3 Å². The van der Waals surface area contributed by atoms with Crippen LogP contribution in [0.5, 0.6) is 0 Å². The van der Waals surface area contributed by atoms with Gasteiger partial charge in [-0.1, -0.05) is 122 Å². The first-order chi connectivity index (χ1) is 20.1. The first-order valence-corrected chi connectivity index (χ1v) is 17.9. The molecular formula is C35H70N3O3+. The van der Waals surface area contributed by atoms with Crippen molar-refractivity contribution in [2.24, 2.45) is 0 Å². The van der Waals surface area contributed by atoms with E-state index >= 15 is 0 Å². The third kappa shape index (κ3) is 19.0. The third-order valence-electron chi connectivity index (χ3n) is 9.38. The second-order valence-electron chi connectivity index (χ2n) is 13.2. The van der Waals surface area contributed by atoms with E-state index < -0.39 is 0 Å². The number of amides is 2. The molecule has 242 valence electrons. The molecule has 1 rings (SSSR count). The molecule has 0 aromatic heterocycles. The summed E-state index contributed by atoms with van der Waals surface area (Å²) in [6.07, 6.45) is 32.6. The standard InChI is InChI=1S/C35H69N3O3/c1-4-5-6-7-8-9-10-11-12-13-14-15-16-17-18-19-20-21-22-27-35(40)38(31-25-29-37(2)3)30-24-23-26-34(38)28-32-41-36-33-39/h33-34H,4-32H2,1-3H3/p+1. The first-order valence-electron chi connectivity index (χ1n) is 17.9. The van der Waals surface area contributed by atoms with Crippen LogP contribution >= 0.6 is 0 Å². The van der Waals surface area contributed by atoms with E-state index in [1.54, 1.807) is 0 Å². The third-order valence-corrected chi connectivity index (χ3v) is 9.38. The lowest BCUT2D eigenvalue weighted by molar-refractivity contribution is -0.886. The highest BCUT2D eigenvalue weighted by Gasteiger charge is 2.44. The number of nitrogens with zero attached hydrogens (tertiary/aromatic N) is 2. The Morgan fingerprint density at radius 3 is 1.78 bits per heavy atom. The molecule has 1 fully saturated rings. The molecular weight excluding hydrogens is 510 g/mol. The van der Waals surface area contributed by atoms with Crippen molar-refractivity contribution < 1.29 is 18.9 Å². The lowest BCUT2D eigenvalue weighted by atomic mass is 9.93. The topological polar surface area (TPSA) is 58.6 Å². The van der Waals surface area contributed by atoms with Crippen LogP contribution in [0.15, 0.2) is 0 Å². The summed E-state index contributed by atoms with van der Waals surface area (Å²) in [4.78, 5) is 31.7. The van der Waals surface area contributed by atoms with Gasteiger partial charge in [0.1, 0.15) is 0 Å². The van der Waals surface area contributed by atoms with Crippen molar-refractivity contribution in [3.8, 4) is 0 Å². The van der Waals surface area contributed by atoms with Gasteiger partial charge in [-0.3, -0.25) is 14.1 Å². The van der Waals surface area contributed by atoms with Crippen LogP contribution in [0, 0.1) is 0 Å². The van der Waals surface area contributed by atoms with E-state index in [1.807, 2.05) is 0 Å². The van der Waals surface area contributed by atoms with Crippen LogP contribution in [0.3, 0.4) is 0 Å². The molecule has 1 aliphatic rings. The Hall–Kier alpha value is -0.980. The van der Waals surface area contributed by atoms with Gasteiger partial charge in [-0.15, -0.1) is 0 Å². The zero-order valence-corrected chi connectivity index (χ0v) is 27.8. The Morgan fingerprint density at radius 2 is 1.29 bits per heavy atom. The van der Waals surface area contributed by atoms with Gasteiger partial charge in [0.05, 0.1) is 32.2 Å². The lowest BCUT2D eigenvalue weighted by Crippen LogP contribution is -2.62. The van der Waals surface area contributed by atoms with Crippen LogP contribution in [-0.2, 0) is 14.4 Å². The molecule has 1 saturated heterocycles. The lowest BCUT2D eigenvalue weighted by Gasteiger charge is -2.46. The Bertz CT molecular complexity index is 615. The van der Waals surface area contributed by atoms with Crippen molar-refractivity contribution >= 4 is 12.3 Å². The van der Waals surface area contributed by atoms with Crippen molar-refractivity contribution in [1.82, 2.24) is 10.4 Å². The molecule has 0 aromatic carbocycles. The number of likely N-dealkylation sites (tertiary alicyclic amines) is 1. The molecule has 0 aliphatic carbocycles. The van der Waals surface area contributed by atoms with Crippen molar-refractivity contribution in [2.45, 2.75) is 173 Å². The van der Waals surface area contributed by atoms with E-state index in [0.717, 1.165) is 51.7 Å². The van der Waals surface area contributed by atoms with Gasteiger partial charge in [-0.05, 0) is 33.4 Å². The van der Waals surface area contributed by atoms with E-state index in [4.69, 9.17) is 4.84 Å². The number of carbonyl (C=O) groups is 2. The highest BCUT2D eigenvalue weighted by atomic mass is 16.6. The molecule has 0 saturated carbocycles. The van der Waals surface area contributed by atoms with E-state index in [1.165, 1.54) is 122 Å². The number of carbonyl (C=O) groups excluding carboxylic acids is 2. The van der Waals surface area contributed by atoms with Crippen LogP contribution in [0.4, 0.5) is 0 Å². The smallest absolute Gasteiger partial charge is 0.309 e. The summed E-state index contributed by atoms with van der Waals surface area (Å²) in [5, 5.41) is 0. The summed E-state index contributed by atoms with van der Waals surface area (Å²) in [6, 6.07) is 0.312. The zero-order valence-electron chi connectivity index (χ0n) is 27.8. The van der Waals surface area contributed by atoms with Gasteiger partial charge >= 0.3 is 5.91 Å². The van der Waals surface area contributed by atoms with Crippen LogP contribution in [0.2, 0.25) is 0 Å². The molecule has 41 heavy (non-hydrogen) atoms. The van der Waals surface area contributed by atoms with Crippen molar-refractivity contribution in [3.05, 3.63) is 0 Å². The van der Waals surface area contributed by atoms with Crippen molar-refractivity contribution in [2.75, 3.05) is 40.3 Å². The van der Waals surface area contributed by atoms with Crippen molar-refractivity contribution in [3.63, 3.8) is 0 Å². The molecule has 0 radical (unpaired) electrons. The van der Waals surface area contributed by atoms with E-state index in [-0.39, 0.29) is 0 Å². The van der Waals surface area contributed by atoms with E-state index in [9.17, 15) is 9.59 Å². The zero-order chi connectivity index (χ0) is 29.9. The summed E-state index contributed by atoms with van der Waals surface area (Å²) in [7, 11) is 4.22. The van der Waals surface area contributed by atoms with E-state index in [2.05, 4.69) is 31.4 Å². The molecule has 2 atom stereocenters. The highest BCUT2D eigenvalue weighted by molar-refractivity contribution is 5.69. The van der Waals surface area contributed by atoms with Crippen LogP contribution in [0.1, 0.15) is 167 Å². The largest absolute Gasteiger partial charge is 0.313 e.